The number of rotatable bonds is 2. The third kappa shape index (κ3) is 2.95. The minimum absolute atomic E-state index is 0.240. The molecule has 1 heteroatoms. The van der Waals surface area contributed by atoms with Crippen molar-refractivity contribution in [1.82, 2.24) is 0 Å². The van der Waals surface area contributed by atoms with Gasteiger partial charge in [-0.25, -0.2) is 0 Å². The van der Waals surface area contributed by atoms with E-state index in [9.17, 15) is 0 Å². The van der Waals surface area contributed by atoms with Crippen LogP contribution in [0.15, 0.2) is 12.1 Å². The van der Waals surface area contributed by atoms with Crippen molar-refractivity contribution in [3.05, 3.63) is 34.4 Å². The first-order valence-corrected chi connectivity index (χ1v) is 7.43. The lowest BCUT2D eigenvalue weighted by molar-refractivity contribution is 0.380. The summed E-state index contributed by atoms with van der Waals surface area (Å²) >= 11 is 0. The fraction of sp³-hybridized carbons (Fsp3) is 0.647. The van der Waals surface area contributed by atoms with Gasteiger partial charge in [0.05, 0.1) is 0 Å². The molecule has 0 aromatic heterocycles. The van der Waals surface area contributed by atoms with Gasteiger partial charge in [0.15, 0.2) is 0 Å². The summed E-state index contributed by atoms with van der Waals surface area (Å²) in [6.45, 7) is 6.60. The van der Waals surface area contributed by atoms with Crippen LogP contribution in [0.5, 0.6) is 0 Å². The van der Waals surface area contributed by atoms with E-state index in [1.165, 1.54) is 60.8 Å². The van der Waals surface area contributed by atoms with E-state index in [2.05, 4.69) is 32.9 Å². The summed E-state index contributed by atoms with van der Waals surface area (Å²) in [5, 5.41) is 0. The lowest BCUT2D eigenvalue weighted by atomic mass is 9.83. The van der Waals surface area contributed by atoms with Crippen LogP contribution in [0.4, 0.5) is 0 Å². The number of nitrogens with two attached hydrogens (primary N) is 1. The van der Waals surface area contributed by atoms with Gasteiger partial charge in [-0.1, -0.05) is 43.4 Å². The summed E-state index contributed by atoms with van der Waals surface area (Å²) in [6, 6.07) is 4.79. The Morgan fingerprint density at radius 2 is 1.44 bits per heavy atom. The molecule has 100 valence electrons. The zero-order valence-corrected chi connectivity index (χ0v) is 12.1. The van der Waals surface area contributed by atoms with Crippen LogP contribution in [0, 0.1) is 26.7 Å². The molecule has 0 aliphatic heterocycles. The van der Waals surface area contributed by atoms with Crippen molar-refractivity contribution in [2.24, 2.45) is 11.7 Å². The van der Waals surface area contributed by atoms with E-state index in [1.807, 2.05) is 0 Å². The fourth-order valence-corrected chi connectivity index (χ4v) is 3.62. The van der Waals surface area contributed by atoms with E-state index in [1.54, 1.807) is 0 Å². The summed E-state index contributed by atoms with van der Waals surface area (Å²) < 4.78 is 0. The Morgan fingerprint density at radius 3 is 1.94 bits per heavy atom. The van der Waals surface area contributed by atoms with Gasteiger partial charge in [0, 0.05) is 6.04 Å². The molecule has 1 aromatic rings. The Morgan fingerprint density at radius 1 is 0.944 bits per heavy atom. The maximum absolute atomic E-state index is 6.59. The Bertz CT molecular complexity index is 377. The third-order valence-electron chi connectivity index (χ3n) is 4.48. The minimum Gasteiger partial charge on any atom is -0.324 e. The number of hydrogen-bond acceptors (Lipinski definition) is 1. The highest BCUT2D eigenvalue weighted by Gasteiger charge is 2.23. The Labute approximate surface area is 112 Å². The molecule has 0 spiro atoms. The van der Waals surface area contributed by atoms with E-state index in [-0.39, 0.29) is 6.04 Å². The van der Waals surface area contributed by atoms with Crippen molar-refractivity contribution >= 4 is 0 Å². The highest BCUT2D eigenvalue weighted by molar-refractivity contribution is 5.39. The molecule has 2 rings (SSSR count). The van der Waals surface area contributed by atoms with Gasteiger partial charge in [0.1, 0.15) is 0 Å². The van der Waals surface area contributed by atoms with Crippen LogP contribution in [0.3, 0.4) is 0 Å². The second-order valence-corrected chi connectivity index (χ2v) is 6.09. The van der Waals surface area contributed by atoms with Crippen molar-refractivity contribution in [3.8, 4) is 0 Å². The molecule has 0 amide bonds. The van der Waals surface area contributed by atoms with Gasteiger partial charge in [-0.3, -0.25) is 0 Å². The highest BCUT2D eigenvalue weighted by Crippen LogP contribution is 2.34. The normalized spacial score (nSPS) is 19.6. The molecule has 1 saturated carbocycles. The maximum Gasteiger partial charge on any atom is 0.0328 e. The number of benzene rings is 1. The number of hydrogen-bond donors (Lipinski definition) is 1. The van der Waals surface area contributed by atoms with Crippen LogP contribution in [0.2, 0.25) is 0 Å². The summed E-state index contributed by atoms with van der Waals surface area (Å²) in [5.74, 6) is 0.688. The Balaban J connectivity index is 2.24. The van der Waals surface area contributed by atoms with Crippen LogP contribution in [-0.2, 0) is 0 Å². The smallest absolute Gasteiger partial charge is 0.0328 e. The molecule has 0 radical (unpaired) electrons. The third-order valence-corrected chi connectivity index (χ3v) is 4.48. The van der Waals surface area contributed by atoms with Crippen LogP contribution >= 0.6 is 0 Å². The van der Waals surface area contributed by atoms with Crippen LogP contribution in [-0.4, -0.2) is 0 Å². The average molecular weight is 245 g/mol. The van der Waals surface area contributed by atoms with Crippen molar-refractivity contribution in [1.29, 1.82) is 0 Å². The molecular formula is C17H27N. The van der Waals surface area contributed by atoms with Gasteiger partial charge in [0.2, 0.25) is 0 Å². The Hall–Kier alpha value is -0.820. The van der Waals surface area contributed by atoms with Gasteiger partial charge in [-0.2, -0.15) is 0 Å². The molecule has 18 heavy (non-hydrogen) atoms. The van der Waals surface area contributed by atoms with E-state index in [4.69, 9.17) is 5.73 Å². The molecule has 1 aromatic carbocycles. The molecule has 1 aliphatic carbocycles. The fourth-order valence-electron chi connectivity index (χ4n) is 3.62. The topological polar surface area (TPSA) is 26.0 Å². The second kappa shape index (κ2) is 5.88. The molecule has 0 bridgehead atoms. The first-order valence-electron chi connectivity index (χ1n) is 7.43. The van der Waals surface area contributed by atoms with E-state index in [0.717, 1.165) is 0 Å². The molecular weight excluding hydrogens is 218 g/mol. The van der Waals surface area contributed by atoms with E-state index in [0.29, 0.717) is 5.92 Å². The first-order chi connectivity index (χ1) is 8.59. The van der Waals surface area contributed by atoms with Crippen LogP contribution in [0.25, 0.3) is 0 Å². The van der Waals surface area contributed by atoms with Crippen molar-refractivity contribution in [2.45, 2.75) is 65.3 Å². The van der Waals surface area contributed by atoms with Crippen LogP contribution in [0.1, 0.15) is 66.8 Å². The summed E-state index contributed by atoms with van der Waals surface area (Å²) in [4.78, 5) is 0. The summed E-state index contributed by atoms with van der Waals surface area (Å²) in [7, 11) is 0. The zero-order valence-electron chi connectivity index (χ0n) is 12.1. The van der Waals surface area contributed by atoms with E-state index >= 15 is 0 Å². The summed E-state index contributed by atoms with van der Waals surface area (Å²) in [6.07, 6.45) is 8.15. The second-order valence-electron chi connectivity index (χ2n) is 6.09. The van der Waals surface area contributed by atoms with Crippen molar-refractivity contribution in [2.75, 3.05) is 0 Å². The molecule has 1 nitrogen and oxygen atoms in total. The molecule has 1 aliphatic rings. The lowest BCUT2D eigenvalue weighted by Crippen LogP contribution is -2.23. The molecule has 1 atom stereocenters. The first kappa shape index (κ1) is 13.6. The van der Waals surface area contributed by atoms with Gasteiger partial charge < -0.3 is 5.73 Å². The van der Waals surface area contributed by atoms with Gasteiger partial charge in [-0.15, -0.1) is 0 Å². The minimum atomic E-state index is 0.240. The predicted octanol–water partition coefficient (Wildman–Crippen LogP) is 4.58. The van der Waals surface area contributed by atoms with E-state index < -0.39 is 0 Å². The van der Waals surface area contributed by atoms with Gasteiger partial charge in [0.25, 0.3) is 0 Å². The monoisotopic (exact) mass is 245 g/mol. The van der Waals surface area contributed by atoms with Crippen molar-refractivity contribution in [3.63, 3.8) is 0 Å². The standard InChI is InChI=1S/C17H27N/c1-12-10-13(2)16(14(3)11-12)17(18)15-8-6-4-5-7-9-15/h10-11,15,17H,4-9,18H2,1-3H3. The lowest BCUT2D eigenvalue weighted by Gasteiger charge is -2.26. The average Bonchev–Trinajstić information content (AvgIpc) is 2.55. The Kier molecular flexibility index (Phi) is 4.45. The molecule has 2 N–H and O–H groups in total. The molecule has 0 heterocycles. The predicted molar refractivity (Wildman–Crippen MR) is 78.8 cm³/mol. The maximum atomic E-state index is 6.59. The molecule has 0 saturated heterocycles. The van der Waals surface area contributed by atoms with Gasteiger partial charge in [-0.05, 0) is 56.2 Å². The quantitative estimate of drug-likeness (QED) is 0.758. The zero-order chi connectivity index (χ0) is 13.1. The van der Waals surface area contributed by atoms with Crippen LogP contribution < -0.4 is 5.73 Å². The van der Waals surface area contributed by atoms with Gasteiger partial charge >= 0.3 is 0 Å². The number of aryl methyl sites for hydroxylation is 3. The highest BCUT2D eigenvalue weighted by atomic mass is 14.7. The SMILES string of the molecule is Cc1cc(C)c(C(N)C2CCCCCC2)c(C)c1. The largest absolute Gasteiger partial charge is 0.324 e. The molecule has 1 fully saturated rings. The van der Waals surface area contributed by atoms with Crippen molar-refractivity contribution < 1.29 is 0 Å². The summed E-state index contributed by atoms with van der Waals surface area (Å²) in [5.41, 5.74) is 12.1. The molecule has 1 unspecified atom stereocenters.